The van der Waals surface area contributed by atoms with Crippen molar-refractivity contribution in [2.24, 2.45) is 0 Å². The Morgan fingerprint density at radius 2 is 1.82 bits per heavy atom. The summed E-state index contributed by atoms with van der Waals surface area (Å²) in [6, 6.07) is 10.4. The topological polar surface area (TPSA) is 15.3 Å². The summed E-state index contributed by atoms with van der Waals surface area (Å²) in [5.41, 5.74) is 5.21. The van der Waals surface area contributed by atoms with Crippen molar-refractivity contribution in [1.29, 1.82) is 0 Å². The highest BCUT2D eigenvalue weighted by Gasteiger charge is 2.20. The molecule has 1 N–H and O–H groups in total. The molecule has 0 unspecified atom stereocenters. The average Bonchev–Trinajstić information content (AvgIpc) is 3.08. The number of nitrogens with one attached hydrogen (secondary N) is 1. The van der Waals surface area contributed by atoms with Gasteiger partial charge in [-0.25, -0.2) is 0 Å². The highest BCUT2D eigenvalue weighted by Crippen LogP contribution is 2.30. The predicted molar refractivity (Wildman–Crippen MR) is 94.6 cm³/mol. The van der Waals surface area contributed by atoms with Crippen molar-refractivity contribution in [1.82, 2.24) is 4.90 Å². The summed E-state index contributed by atoms with van der Waals surface area (Å²) in [6.45, 7) is 4.45. The van der Waals surface area contributed by atoms with Gasteiger partial charge in [-0.05, 0) is 49.6 Å². The molecule has 1 aliphatic heterocycles. The molecule has 0 saturated carbocycles. The Morgan fingerprint density at radius 1 is 1.05 bits per heavy atom. The first-order chi connectivity index (χ1) is 10.9. The van der Waals surface area contributed by atoms with Crippen molar-refractivity contribution in [2.45, 2.75) is 26.2 Å². The van der Waals surface area contributed by atoms with Crippen LogP contribution in [-0.4, -0.2) is 18.0 Å². The quantitative estimate of drug-likeness (QED) is 0.852. The fourth-order valence-electron chi connectivity index (χ4n) is 3.06. The van der Waals surface area contributed by atoms with E-state index in [0.29, 0.717) is 0 Å². The standard InChI is InChI=1S/C20H24N2/c1-2-3-9-17-16-19(21-18-10-5-4-6-11-18)12-13-20(17)22-14-7-8-15-22/h2-6,9-13,21H,7-8,14-16H2,1H3/b3-2-,17-9+. The smallest absolute Gasteiger partial charge is 0.0403 e. The van der Waals surface area contributed by atoms with Gasteiger partial charge in [-0.15, -0.1) is 0 Å². The lowest BCUT2D eigenvalue weighted by Gasteiger charge is -2.27. The summed E-state index contributed by atoms with van der Waals surface area (Å²) >= 11 is 0. The number of hydrogen-bond donors (Lipinski definition) is 1. The maximum Gasteiger partial charge on any atom is 0.0403 e. The van der Waals surface area contributed by atoms with Gasteiger partial charge >= 0.3 is 0 Å². The second-order valence-corrected chi connectivity index (χ2v) is 5.82. The van der Waals surface area contributed by atoms with Gasteiger partial charge in [0, 0.05) is 36.6 Å². The molecule has 114 valence electrons. The third-order valence-corrected chi connectivity index (χ3v) is 4.17. The van der Waals surface area contributed by atoms with E-state index in [9.17, 15) is 0 Å². The van der Waals surface area contributed by atoms with Crippen molar-refractivity contribution in [2.75, 3.05) is 18.4 Å². The van der Waals surface area contributed by atoms with Crippen molar-refractivity contribution in [3.63, 3.8) is 0 Å². The molecule has 0 radical (unpaired) electrons. The van der Waals surface area contributed by atoms with Crippen LogP contribution >= 0.6 is 0 Å². The summed E-state index contributed by atoms with van der Waals surface area (Å²) in [4.78, 5) is 2.52. The Hall–Kier alpha value is -2.22. The molecule has 0 bridgehead atoms. The zero-order valence-corrected chi connectivity index (χ0v) is 13.3. The molecule has 0 amide bonds. The van der Waals surface area contributed by atoms with E-state index in [4.69, 9.17) is 0 Å². The molecular weight excluding hydrogens is 268 g/mol. The van der Waals surface area contributed by atoms with Crippen LogP contribution in [0.5, 0.6) is 0 Å². The van der Waals surface area contributed by atoms with Crippen LogP contribution in [0.4, 0.5) is 5.69 Å². The Kier molecular flexibility index (Phi) is 4.79. The summed E-state index contributed by atoms with van der Waals surface area (Å²) in [5, 5.41) is 3.53. The molecule has 0 aromatic heterocycles. The third kappa shape index (κ3) is 3.51. The number of hydrogen-bond acceptors (Lipinski definition) is 2. The van der Waals surface area contributed by atoms with Gasteiger partial charge in [0.05, 0.1) is 0 Å². The minimum Gasteiger partial charge on any atom is -0.371 e. The SMILES string of the molecule is C/C=C\C=C1/CC(Nc2ccccc2)=CC=C1N1CCCC1. The third-order valence-electron chi connectivity index (χ3n) is 4.17. The molecule has 3 rings (SSSR count). The fraction of sp³-hybridized carbons (Fsp3) is 0.300. The number of rotatable bonds is 4. The molecule has 1 aliphatic carbocycles. The van der Waals surface area contributed by atoms with Gasteiger partial charge in [0.15, 0.2) is 0 Å². The van der Waals surface area contributed by atoms with E-state index in [2.05, 4.69) is 71.8 Å². The van der Waals surface area contributed by atoms with Crippen LogP contribution in [0.25, 0.3) is 0 Å². The summed E-state index contributed by atoms with van der Waals surface area (Å²) in [6.07, 6.45) is 14.6. The lowest BCUT2D eigenvalue weighted by atomic mass is 9.99. The van der Waals surface area contributed by atoms with Crippen LogP contribution < -0.4 is 5.32 Å². The van der Waals surface area contributed by atoms with Gasteiger partial charge in [-0.3, -0.25) is 0 Å². The fourth-order valence-corrected chi connectivity index (χ4v) is 3.06. The maximum absolute atomic E-state index is 3.53. The minimum absolute atomic E-state index is 0.960. The number of likely N-dealkylation sites (tertiary alicyclic amines) is 1. The molecule has 1 aromatic carbocycles. The second-order valence-electron chi connectivity index (χ2n) is 5.82. The Labute approximate surface area is 133 Å². The van der Waals surface area contributed by atoms with E-state index < -0.39 is 0 Å². The Bertz CT molecular complexity index is 614. The average molecular weight is 292 g/mol. The molecule has 1 heterocycles. The van der Waals surface area contributed by atoms with Gasteiger partial charge in [-0.1, -0.05) is 36.4 Å². The number of nitrogens with zero attached hydrogens (tertiary/aromatic N) is 1. The van der Waals surface area contributed by atoms with E-state index in [1.165, 1.54) is 42.9 Å². The monoisotopic (exact) mass is 292 g/mol. The summed E-state index contributed by atoms with van der Waals surface area (Å²) in [7, 11) is 0. The molecule has 2 nitrogen and oxygen atoms in total. The van der Waals surface area contributed by atoms with E-state index in [1.54, 1.807) is 0 Å². The molecule has 0 atom stereocenters. The zero-order valence-electron chi connectivity index (χ0n) is 13.3. The van der Waals surface area contributed by atoms with Crippen LogP contribution in [0.1, 0.15) is 26.2 Å². The van der Waals surface area contributed by atoms with Gasteiger partial charge in [0.1, 0.15) is 0 Å². The van der Waals surface area contributed by atoms with Gasteiger partial charge < -0.3 is 10.2 Å². The largest absolute Gasteiger partial charge is 0.371 e. The molecule has 2 aliphatic rings. The molecule has 1 saturated heterocycles. The first-order valence-electron chi connectivity index (χ1n) is 8.17. The first-order valence-corrected chi connectivity index (χ1v) is 8.17. The van der Waals surface area contributed by atoms with Gasteiger partial charge in [0.2, 0.25) is 0 Å². The van der Waals surface area contributed by atoms with E-state index in [0.717, 1.165) is 12.1 Å². The Balaban J connectivity index is 1.81. The summed E-state index contributed by atoms with van der Waals surface area (Å²) in [5.74, 6) is 0. The highest BCUT2D eigenvalue weighted by atomic mass is 15.2. The highest BCUT2D eigenvalue weighted by molar-refractivity contribution is 5.53. The van der Waals surface area contributed by atoms with Crippen molar-refractivity contribution < 1.29 is 0 Å². The van der Waals surface area contributed by atoms with Crippen molar-refractivity contribution in [3.05, 3.63) is 77.7 Å². The molecule has 2 heteroatoms. The van der Waals surface area contributed by atoms with Crippen molar-refractivity contribution in [3.8, 4) is 0 Å². The van der Waals surface area contributed by atoms with Crippen molar-refractivity contribution >= 4 is 5.69 Å². The molecule has 0 spiro atoms. The van der Waals surface area contributed by atoms with E-state index in [1.807, 2.05) is 6.07 Å². The number of anilines is 1. The molecular formula is C20H24N2. The Morgan fingerprint density at radius 3 is 2.55 bits per heavy atom. The van der Waals surface area contributed by atoms with Crippen LogP contribution in [0.3, 0.4) is 0 Å². The first kappa shape index (κ1) is 14.7. The van der Waals surface area contributed by atoms with Crippen LogP contribution in [0.2, 0.25) is 0 Å². The van der Waals surface area contributed by atoms with E-state index in [-0.39, 0.29) is 0 Å². The normalized spacial score (nSPS) is 20.4. The molecule has 1 fully saturated rings. The predicted octanol–water partition coefficient (Wildman–Crippen LogP) is 4.87. The van der Waals surface area contributed by atoms with Crippen LogP contribution in [0.15, 0.2) is 77.7 Å². The van der Waals surface area contributed by atoms with E-state index >= 15 is 0 Å². The number of para-hydroxylation sites is 1. The zero-order chi connectivity index (χ0) is 15.2. The van der Waals surface area contributed by atoms with Crippen LogP contribution in [-0.2, 0) is 0 Å². The van der Waals surface area contributed by atoms with Crippen LogP contribution in [0, 0.1) is 0 Å². The van der Waals surface area contributed by atoms with Gasteiger partial charge in [0.25, 0.3) is 0 Å². The molecule has 22 heavy (non-hydrogen) atoms. The minimum atomic E-state index is 0.960. The maximum atomic E-state index is 3.53. The lowest BCUT2D eigenvalue weighted by molar-refractivity contribution is 0.431. The summed E-state index contributed by atoms with van der Waals surface area (Å²) < 4.78 is 0. The number of benzene rings is 1. The number of allylic oxidation sites excluding steroid dienone is 7. The molecule has 1 aromatic rings. The second kappa shape index (κ2) is 7.17. The lowest BCUT2D eigenvalue weighted by Crippen LogP contribution is -2.22. The van der Waals surface area contributed by atoms with Gasteiger partial charge in [-0.2, -0.15) is 0 Å².